The molecule has 0 aromatic heterocycles. The van der Waals surface area contributed by atoms with Crippen molar-refractivity contribution < 1.29 is 14.3 Å². The number of carbonyl (C=O) groups excluding carboxylic acids is 2. The first-order valence-corrected chi connectivity index (χ1v) is 6.93. The van der Waals surface area contributed by atoms with Crippen molar-refractivity contribution in [1.82, 2.24) is 0 Å². The van der Waals surface area contributed by atoms with Crippen molar-refractivity contribution in [2.75, 3.05) is 17.7 Å². The van der Waals surface area contributed by atoms with E-state index in [1.165, 1.54) is 14.0 Å². The fourth-order valence-corrected chi connectivity index (χ4v) is 1.88. The molecule has 1 aromatic carbocycles. The monoisotopic (exact) mass is 293 g/mol. The highest BCUT2D eigenvalue weighted by Crippen LogP contribution is 2.28. The Kier molecular flexibility index (Phi) is 6.68. The molecule has 0 saturated carbocycles. The number of methoxy groups -OCH3 is 1. The first-order valence-electron chi connectivity index (χ1n) is 6.93. The van der Waals surface area contributed by atoms with E-state index >= 15 is 0 Å². The predicted octanol–water partition coefficient (Wildman–Crippen LogP) is 2.11. The Bertz CT molecular complexity index is 501. The highest BCUT2D eigenvalue weighted by molar-refractivity contribution is 5.94. The van der Waals surface area contributed by atoms with E-state index in [0.717, 1.165) is 12.8 Å². The third-order valence-corrected chi connectivity index (χ3v) is 2.86. The van der Waals surface area contributed by atoms with Crippen LogP contribution in [0.5, 0.6) is 5.75 Å². The van der Waals surface area contributed by atoms with Crippen molar-refractivity contribution in [2.45, 2.75) is 39.2 Å². The van der Waals surface area contributed by atoms with E-state index in [1.807, 2.05) is 6.92 Å². The van der Waals surface area contributed by atoms with Gasteiger partial charge in [-0.1, -0.05) is 0 Å². The quantitative estimate of drug-likeness (QED) is 0.717. The zero-order valence-corrected chi connectivity index (χ0v) is 12.7. The lowest BCUT2D eigenvalue weighted by atomic mass is 10.1. The van der Waals surface area contributed by atoms with E-state index in [-0.39, 0.29) is 17.9 Å². The summed E-state index contributed by atoms with van der Waals surface area (Å²) in [4.78, 5) is 23.0. The van der Waals surface area contributed by atoms with E-state index in [9.17, 15) is 9.59 Å². The number of hydrogen-bond acceptors (Lipinski definition) is 4. The highest BCUT2D eigenvalue weighted by atomic mass is 16.5. The summed E-state index contributed by atoms with van der Waals surface area (Å²) in [5, 5.41) is 5.46. The molecule has 0 aliphatic rings. The van der Waals surface area contributed by atoms with E-state index < -0.39 is 0 Å². The van der Waals surface area contributed by atoms with Crippen LogP contribution in [-0.4, -0.2) is 25.0 Å². The van der Waals surface area contributed by atoms with Gasteiger partial charge in [0.05, 0.1) is 12.8 Å². The fraction of sp³-hybridized carbons (Fsp3) is 0.467. The molecule has 1 rings (SSSR count). The average molecular weight is 293 g/mol. The van der Waals surface area contributed by atoms with Crippen molar-refractivity contribution in [3.05, 3.63) is 18.2 Å². The lowest BCUT2D eigenvalue weighted by Crippen LogP contribution is -2.17. The SMILES string of the molecule is COc1ccc(NC(C)=O)cc1NC(=O)CCCC(C)N. The number of nitrogens with two attached hydrogens (primary N) is 1. The summed E-state index contributed by atoms with van der Waals surface area (Å²) >= 11 is 0. The third kappa shape index (κ3) is 6.27. The molecule has 0 aliphatic carbocycles. The summed E-state index contributed by atoms with van der Waals surface area (Å²) in [6, 6.07) is 5.17. The van der Waals surface area contributed by atoms with Crippen LogP contribution < -0.4 is 21.1 Å². The van der Waals surface area contributed by atoms with Crippen LogP contribution in [0.2, 0.25) is 0 Å². The molecule has 0 aliphatic heterocycles. The van der Waals surface area contributed by atoms with Crippen molar-refractivity contribution in [2.24, 2.45) is 5.73 Å². The molecule has 0 fully saturated rings. The number of nitrogens with one attached hydrogen (secondary N) is 2. The summed E-state index contributed by atoms with van der Waals surface area (Å²) in [5.74, 6) is 0.271. The molecule has 6 nitrogen and oxygen atoms in total. The lowest BCUT2D eigenvalue weighted by molar-refractivity contribution is -0.116. The van der Waals surface area contributed by atoms with E-state index in [1.54, 1.807) is 18.2 Å². The zero-order valence-electron chi connectivity index (χ0n) is 12.7. The Hall–Kier alpha value is -2.08. The molecule has 0 bridgehead atoms. The van der Waals surface area contributed by atoms with Gasteiger partial charge in [0, 0.05) is 25.1 Å². The number of benzene rings is 1. The average Bonchev–Trinajstić information content (AvgIpc) is 2.37. The molecule has 4 N–H and O–H groups in total. The Labute approximate surface area is 125 Å². The normalized spacial score (nSPS) is 11.6. The molecule has 0 heterocycles. The number of anilines is 2. The minimum absolute atomic E-state index is 0.0930. The first-order chi connectivity index (χ1) is 9.92. The minimum atomic E-state index is -0.172. The second kappa shape index (κ2) is 8.26. The topological polar surface area (TPSA) is 93.5 Å². The van der Waals surface area contributed by atoms with Crippen LogP contribution >= 0.6 is 0 Å². The first kappa shape index (κ1) is 17.0. The van der Waals surface area contributed by atoms with Gasteiger partial charge in [0.1, 0.15) is 5.75 Å². The number of hydrogen-bond donors (Lipinski definition) is 3. The Morgan fingerprint density at radius 3 is 2.62 bits per heavy atom. The molecule has 116 valence electrons. The van der Waals surface area contributed by atoms with Gasteiger partial charge in [-0.3, -0.25) is 9.59 Å². The molecule has 6 heteroatoms. The van der Waals surface area contributed by atoms with Gasteiger partial charge in [-0.25, -0.2) is 0 Å². The Morgan fingerprint density at radius 1 is 1.33 bits per heavy atom. The van der Waals surface area contributed by atoms with Gasteiger partial charge in [-0.15, -0.1) is 0 Å². The van der Waals surface area contributed by atoms with Gasteiger partial charge in [-0.2, -0.15) is 0 Å². The van der Waals surface area contributed by atoms with Gasteiger partial charge in [0.15, 0.2) is 0 Å². The van der Waals surface area contributed by atoms with Crippen LogP contribution in [0.25, 0.3) is 0 Å². The Morgan fingerprint density at radius 2 is 2.05 bits per heavy atom. The van der Waals surface area contributed by atoms with Crippen LogP contribution in [0.1, 0.15) is 33.1 Å². The van der Waals surface area contributed by atoms with Gasteiger partial charge < -0.3 is 21.1 Å². The van der Waals surface area contributed by atoms with Crippen molar-refractivity contribution in [1.29, 1.82) is 0 Å². The van der Waals surface area contributed by atoms with Crippen molar-refractivity contribution in [3.8, 4) is 5.75 Å². The zero-order chi connectivity index (χ0) is 15.8. The second-order valence-corrected chi connectivity index (χ2v) is 5.01. The standard InChI is InChI=1S/C15H23N3O3/c1-10(16)5-4-6-15(20)18-13-9-12(17-11(2)19)7-8-14(13)21-3/h7-10H,4-6,16H2,1-3H3,(H,17,19)(H,18,20). The number of ether oxygens (including phenoxy) is 1. The Balaban J connectivity index is 2.70. The fourth-order valence-electron chi connectivity index (χ4n) is 1.88. The molecular weight excluding hydrogens is 270 g/mol. The van der Waals surface area contributed by atoms with Crippen LogP contribution in [0.15, 0.2) is 18.2 Å². The predicted molar refractivity (Wildman–Crippen MR) is 83.4 cm³/mol. The van der Waals surface area contributed by atoms with Crippen molar-refractivity contribution >= 4 is 23.2 Å². The number of carbonyl (C=O) groups is 2. The van der Waals surface area contributed by atoms with E-state index in [4.69, 9.17) is 10.5 Å². The molecule has 1 unspecified atom stereocenters. The molecule has 1 atom stereocenters. The highest BCUT2D eigenvalue weighted by Gasteiger charge is 2.09. The van der Waals surface area contributed by atoms with Crippen LogP contribution in [0.3, 0.4) is 0 Å². The summed E-state index contributed by atoms with van der Waals surface area (Å²) in [5.41, 5.74) is 6.79. The minimum Gasteiger partial charge on any atom is -0.495 e. The summed E-state index contributed by atoms with van der Waals surface area (Å²) in [6.45, 7) is 3.34. The molecule has 0 radical (unpaired) electrons. The largest absolute Gasteiger partial charge is 0.495 e. The maximum atomic E-state index is 11.9. The van der Waals surface area contributed by atoms with Gasteiger partial charge in [0.25, 0.3) is 0 Å². The van der Waals surface area contributed by atoms with Crippen LogP contribution in [-0.2, 0) is 9.59 Å². The van der Waals surface area contributed by atoms with Crippen molar-refractivity contribution in [3.63, 3.8) is 0 Å². The second-order valence-electron chi connectivity index (χ2n) is 5.01. The summed E-state index contributed by atoms with van der Waals surface area (Å²) < 4.78 is 5.20. The summed E-state index contributed by atoms with van der Waals surface area (Å²) in [6.07, 6.45) is 1.93. The van der Waals surface area contributed by atoms with Gasteiger partial charge in [0.2, 0.25) is 11.8 Å². The molecule has 1 aromatic rings. The lowest BCUT2D eigenvalue weighted by Gasteiger charge is -2.12. The maximum absolute atomic E-state index is 11.9. The van der Waals surface area contributed by atoms with Crippen LogP contribution in [0, 0.1) is 0 Å². The molecule has 0 spiro atoms. The smallest absolute Gasteiger partial charge is 0.224 e. The number of rotatable bonds is 7. The van der Waals surface area contributed by atoms with Gasteiger partial charge >= 0.3 is 0 Å². The molecule has 2 amide bonds. The van der Waals surface area contributed by atoms with Crippen LogP contribution in [0.4, 0.5) is 11.4 Å². The number of amides is 2. The molecule has 21 heavy (non-hydrogen) atoms. The molecular formula is C15H23N3O3. The van der Waals surface area contributed by atoms with E-state index in [0.29, 0.717) is 23.5 Å². The van der Waals surface area contributed by atoms with Gasteiger partial charge in [-0.05, 0) is 38.0 Å². The maximum Gasteiger partial charge on any atom is 0.224 e. The molecule has 0 saturated heterocycles. The van der Waals surface area contributed by atoms with E-state index in [2.05, 4.69) is 10.6 Å². The third-order valence-electron chi connectivity index (χ3n) is 2.86. The summed E-state index contributed by atoms with van der Waals surface area (Å²) in [7, 11) is 1.53.